The Hall–Kier alpha value is -2.62. The molecule has 2 aromatic carbocycles. The summed E-state index contributed by atoms with van der Waals surface area (Å²) in [6, 6.07) is 15.5. The molecule has 0 atom stereocenters. The van der Waals surface area contributed by atoms with Crippen molar-refractivity contribution in [1.82, 2.24) is 9.55 Å². The summed E-state index contributed by atoms with van der Waals surface area (Å²) in [6.07, 6.45) is 2.44. The number of imidazole rings is 1. The van der Waals surface area contributed by atoms with E-state index in [4.69, 9.17) is 4.98 Å². The molecule has 4 heteroatoms. The van der Waals surface area contributed by atoms with Crippen LogP contribution in [0.4, 0.5) is 5.69 Å². The van der Waals surface area contributed by atoms with Gasteiger partial charge in [-0.2, -0.15) is 0 Å². The highest BCUT2D eigenvalue weighted by atomic mass is 16.2. The zero-order valence-electron chi connectivity index (χ0n) is 13.4. The normalized spacial score (nSPS) is 14.2. The first kappa shape index (κ1) is 14.0. The van der Waals surface area contributed by atoms with E-state index in [1.165, 1.54) is 12.8 Å². The molecule has 4 nitrogen and oxygen atoms in total. The summed E-state index contributed by atoms with van der Waals surface area (Å²) >= 11 is 0. The second kappa shape index (κ2) is 5.23. The Morgan fingerprint density at radius 2 is 1.91 bits per heavy atom. The number of hydrogen-bond acceptors (Lipinski definition) is 2. The number of aromatic nitrogens is 2. The molecule has 0 spiro atoms. The third-order valence-corrected chi connectivity index (χ3v) is 4.55. The van der Waals surface area contributed by atoms with Gasteiger partial charge in [0.05, 0.1) is 11.0 Å². The Morgan fingerprint density at radius 3 is 2.61 bits per heavy atom. The fourth-order valence-electron chi connectivity index (χ4n) is 3.02. The molecular weight excluding hydrogens is 286 g/mol. The van der Waals surface area contributed by atoms with Crippen LogP contribution in [-0.4, -0.2) is 22.5 Å². The molecule has 1 heterocycles. The summed E-state index contributed by atoms with van der Waals surface area (Å²) < 4.78 is 2.15. The molecule has 116 valence electrons. The van der Waals surface area contributed by atoms with Gasteiger partial charge in [0.25, 0.3) is 5.91 Å². The molecule has 1 amide bonds. The molecule has 1 aliphatic carbocycles. The van der Waals surface area contributed by atoms with E-state index < -0.39 is 0 Å². The Labute approximate surface area is 135 Å². The molecule has 1 fully saturated rings. The van der Waals surface area contributed by atoms with Crippen molar-refractivity contribution in [2.24, 2.45) is 7.05 Å². The van der Waals surface area contributed by atoms with E-state index in [1.807, 2.05) is 48.5 Å². The van der Waals surface area contributed by atoms with Crippen molar-refractivity contribution in [2.45, 2.75) is 18.8 Å². The van der Waals surface area contributed by atoms with Gasteiger partial charge in [-0.05, 0) is 43.2 Å². The molecule has 0 N–H and O–H groups in total. The van der Waals surface area contributed by atoms with Gasteiger partial charge >= 0.3 is 0 Å². The van der Waals surface area contributed by atoms with E-state index in [2.05, 4.69) is 11.6 Å². The van der Waals surface area contributed by atoms with Gasteiger partial charge in [0.2, 0.25) is 0 Å². The Kier molecular flexibility index (Phi) is 3.18. The quantitative estimate of drug-likeness (QED) is 0.739. The monoisotopic (exact) mass is 305 g/mol. The number of hydrogen-bond donors (Lipinski definition) is 0. The number of aryl methyl sites for hydroxylation is 1. The van der Waals surface area contributed by atoms with Crippen LogP contribution < -0.4 is 4.90 Å². The van der Waals surface area contributed by atoms with Crippen molar-refractivity contribution in [1.29, 1.82) is 0 Å². The number of carbonyl (C=O) groups excluding carboxylic acids is 1. The molecule has 1 aliphatic rings. The SMILES string of the molecule is CN(C(=O)c1ccc2c(c1)nc(C1CC1)n2C)c1ccccc1. The smallest absolute Gasteiger partial charge is 0.258 e. The molecule has 4 rings (SSSR count). The highest BCUT2D eigenvalue weighted by Gasteiger charge is 2.28. The molecule has 23 heavy (non-hydrogen) atoms. The second-order valence-electron chi connectivity index (χ2n) is 6.21. The van der Waals surface area contributed by atoms with Gasteiger partial charge < -0.3 is 9.47 Å². The van der Waals surface area contributed by atoms with Gasteiger partial charge in [0, 0.05) is 31.3 Å². The highest BCUT2D eigenvalue weighted by molar-refractivity contribution is 6.07. The molecule has 0 radical (unpaired) electrons. The maximum absolute atomic E-state index is 12.7. The minimum absolute atomic E-state index is 0.0169. The predicted molar refractivity (Wildman–Crippen MR) is 91.9 cm³/mol. The maximum Gasteiger partial charge on any atom is 0.258 e. The first-order valence-electron chi connectivity index (χ1n) is 7.94. The molecule has 0 aliphatic heterocycles. The molecular formula is C19H19N3O. The average molecular weight is 305 g/mol. The number of anilines is 1. The standard InChI is InChI=1S/C19H19N3O/c1-21(15-6-4-3-5-7-15)19(23)14-10-11-17-16(12-14)20-18(22(17)2)13-8-9-13/h3-7,10-13H,8-9H2,1-2H3. The molecule has 3 aromatic rings. The number of fused-ring (bicyclic) bond motifs is 1. The molecule has 0 bridgehead atoms. The third kappa shape index (κ3) is 2.40. The molecule has 0 unspecified atom stereocenters. The van der Waals surface area contributed by atoms with Gasteiger partial charge in [-0.1, -0.05) is 18.2 Å². The van der Waals surface area contributed by atoms with Gasteiger partial charge in [0.1, 0.15) is 5.82 Å². The van der Waals surface area contributed by atoms with E-state index in [9.17, 15) is 4.79 Å². The van der Waals surface area contributed by atoms with E-state index in [1.54, 1.807) is 11.9 Å². The fraction of sp³-hybridized carbons (Fsp3) is 0.263. The van der Waals surface area contributed by atoms with Crippen LogP contribution >= 0.6 is 0 Å². The van der Waals surface area contributed by atoms with Crippen molar-refractivity contribution in [2.75, 3.05) is 11.9 Å². The molecule has 0 saturated heterocycles. The van der Waals surface area contributed by atoms with Gasteiger partial charge in [-0.25, -0.2) is 4.98 Å². The summed E-state index contributed by atoms with van der Waals surface area (Å²) in [6.45, 7) is 0. The Morgan fingerprint density at radius 1 is 1.17 bits per heavy atom. The van der Waals surface area contributed by atoms with E-state index >= 15 is 0 Å². The number of nitrogens with zero attached hydrogens (tertiary/aromatic N) is 3. The number of carbonyl (C=O) groups is 1. The topological polar surface area (TPSA) is 38.1 Å². The summed E-state index contributed by atoms with van der Waals surface area (Å²) in [5, 5.41) is 0. The van der Waals surface area contributed by atoms with Gasteiger partial charge in [-0.3, -0.25) is 4.79 Å². The minimum Gasteiger partial charge on any atom is -0.331 e. The lowest BCUT2D eigenvalue weighted by Gasteiger charge is -2.17. The van der Waals surface area contributed by atoms with Crippen molar-refractivity contribution >= 4 is 22.6 Å². The van der Waals surface area contributed by atoms with Crippen molar-refractivity contribution in [3.63, 3.8) is 0 Å². The summed E-state index contributed by atoms with van der Waals surface area (Å²) in [4.78, 5) is 19.1. The summed E-state index contributed by atoms with van der Waals surface area (Å²) in [7, 11) is 3.86. The van der Waals surface area contributed by atoms with Crippen molar-refractivity contribution < 1.29 is 4.79 Å². The van der Waals surface area contributed by atoms with Gasteiger partial charge in [0.15, 0.2) is 0 Å². The van der Waals surface area contributed by atoms with Crippen molar-refractivity contribution in [3.8, 4) is 0 Å². The minimum atomic E-state index is -0.0169. The first-order chi connectivity index (χ1) is 11.1. The number of benzene rings is 2. The van der Waals surface area contributed by atoms with Crippen LogP contribution in [-0.2, 0) is 7.05 Å². The van der Waals surface area contributed by atoms with Crippen LogP contribution in [0, 0.1) is 0 Å². The van der Waals surface area contributed by atoms with E-state index in [0.717, 1.165) is 22.5 Å². The Balaban J connectivity index is 1.70. The van der Waals surface area contributed by atoms with Crippen LogP contribution in [0.15, 0.2) is 48.5 Å². The zero-order valence-corrected chi connectivity index (χ0v) is 13.4. The molecule has 1 aromatic heterocycles. The average Bonchev–Trinajstić information content (AvgIpc) is 3.38. The lowest BCUT2D eigenvalue weighted by molar-refractivity contribution is 0.0993. The number of rotatable bonds is 3. The second-order valence-corrected chi connectivity index (χ2v) is 6.21. The highest BCUT2D eigenvalue weighted by Crippen LogP contribution is 2.40. The van der Waals surface area contributed by atoms with Crippen LogP contribution in [0.25, 0.3) is 11.0 Å². The van der Waals surface area contributed by atoms with Crippen LogP contribution in [0.1, 0.15) is 34.9 Å². The van der Waals surface area contributed by atoms with Crippen LogP contribution in [0.5, 0.6) is 0 Å². The predicted octanol–water partition coefficient (Wildman–Crippen LogP) is 3.73. The van der Waals surface area contributed by atoms with Crippen LogP contribution in [0.2, 0.25) is 0 Å². The summed E-state index contributed by atoms with van der Waals surface area (Å²) in [5.41, 5.74) is 3.55. The fourth-order valence-corrected chi connectivity index (χ4v) is 3.02. The molecule has 1 saturated carbocycles. The van der Waals surface area contributed by atoms with Crippen LogP contribution in [0.3, 0.4) is 0 Å². The first-order valence-corrected chi connectivity index (χ1v) is 7.94. The lowest BCUT2D eigenvalue weighted by atomic mass is 10.1. The maximum atomic E-state index is 12.7. The largest absolute Gasteiger partial charge is 0.331 e. The summed E-state index contributed by atoms with van der Waals surface area (Å²) in [5.74, 6) is 1.72. The number of para-hydroxylation sites is 1. The Bertz CT molecular complexity index is 878. The van der Waals surface area contributed by atoms with Gasteiger partial charge in [-0.15, -0.1) is 0 Å². The van der Waals surface area contributed by atoms with Crippen molar-refractivity contribution in [3.05, 3.63) is 59.9 Å². The third-order valence-electron chi connectivity index (χ3n) is 4.55. The van der Waals surface area contributed by atoms with E-state index in [0.29, 0.717) is 11.5 Å². The zero-order chi connectivity index (χ0) is 16.0. The van der Waals surface area contributed by atoms with E-state index in [-0.39, 0.29) is 5.91 Å². The number of amides is 1. The lowest BCUT2D eigenvalue weighted by Crippen LogP contribution is -2.26.